The van der Waals surface area contributed by atoms with Crippen LogP contribution in [0.25, 0.3) is 6.08 Å². The number of allylic oxidation sites excluding steroid dienone is 1. The fourth-order valence-electron chi connectivity index (χ4n) is 2.24. The Balaban J connectivity index is 2.22. The molecule has 0 saturated heterocycles. The van der Waals surface area contributed by atoms with E-state index in [1.165, 1.54) is 31.4 Å². The van der Waals surface area contributed by atoms with Gasteiger partial charge in [-0.3, -0.25) is 14.9 Å². The molecule has 2 aromatic rings. The van der Waals surface area contributed by atoms with Crippen LogP contribution in [-0.2, 0) is 0 Å². The van der Waals surface area contributed by atoms with E-state index in [0.29, 0.717) is 16.9 Å². The molecule has 0 aliphatic heterocycles. The third-order valence-electron chi connectivity index (χ3n) is 3.43. The maximum absolute atomic E-state index is 12.2. The average Bonchev–Trinajstić information content (AvgIpc) is 2.60. The molecule has 0 atom stereocenters. The summed E-state index contributed by atoms with van der Waals surface area (Å²) in [6.07, 6.45) is 2.76. The number of benzene rings is 2. The summed E-state index contributed by atoms with van der Waals surface area (Å²) in [4.78, 5) is 22.5. The molecule has 0 saturated carbocycles. The molecule has 2 aromatic carbocycles. The predicted octanol–water partition coefficient (Wildman–Crippen LogP) is 3.99. The molecule has 0 heterocycles. The molecule has 7 nitrogen and oxygen atoms in total. The van der Waals surface area contributed by atoms with Gasteiger partial charge in [0.05, 0.1) is 18.1 Å². The average molecular weight is 357 g/mol. The van der Waals surface area contributed by atoms with Crippen LogP contribution in [0.1, 0.15) is 29.8 Å². The Hall–Kier alpha value is -3.35. The molecule has 2 rings (SSSR count). The Morgan fingerprint density at radius 2 is 1.88 bits per heavy atom. The number of aromatic hydroxyl groups is 1. The second-order valence-electron chi connectivity index (χ2n) is 5.74. The van der Waals surface area contributed by atoms with Crippen molar-refractivity contribution >= 4 is 17.5 Å². The molecular weight excluding hydrogens is 338 g/mol. The van der Waals surface area contributed by atoms with Crippen LogP contribution in [0.15, 0.2) is 42.5 Å². The lowest BCUT2D eigenvalue weighted by Crippen LogP contribution is -2.05. The third-order valence-corrected chi connectivity index (χ3v) is 3.43. The first-order valence-corrected chi connectivity index (χ1v) is 7.86. The van der Waals surface area contributed by atoms with Crippen molar-refractivity contribution in [2.45, 2.75) is 20.0 Å². The summed E-state index contributed by atoms with van der Waals surface area (Å²) >= 11 is 0. The lowest BCUT2D eigenvalue weighted by Gasteiger charge is -2.09. The van der Waals surface area contributed by atoms with Gasteiger partial charge in [0.1, 0.15) is 5.75 Å². The van der Waals surface area contributed by atoms with Crippen molar-refractivity contribution in [2.75, 3.05) is 7.11 Å². The van der Waals surface area contributed by atoms with Gasteiger partial charge < -0.3 is 14.6 Å². The molecule has 1 N–H and O–H groups in total. The van der Waals surface area contributed by atoms with E-state index in [9.17, 15) is 20.0 Å². The lowest BCUT2D eigenvalue weighted by molar-refractivity contribution is -0.386. The number of hydrogen-bond donors (Lipinski definition) is 1. The van der Waals surface area contributed by atoms with E-state index in [-0.39, 0.29) is 17.6 Å². The third kappa shape index (κ3) is 4.60. The molecule has 0 radical (unpaired) electrons. The molecule has 7 heteroatoms. The fourth-order valence-corrected chi connectivity index (χ4v) is 2.24. The first kappa shape index (κ1) is 19.0. The Morgan fingerprint density at radius 1 is 1.23 bits per heavy atom. The highest BCUT2D eigenvalue weighted by Gasteiger charge is 2.19. The number of carbonyl (C=O) groups excluding carboxylic acids is 1. The van der Waals surface area contributed by atoms with Gasteiger partial charge >= 0.3 is 5.69 Å². The van der Waals surface area contributed by atoms with Crippen LogP contribution >= 0.6 is 0 Å². The first-order chi connectivity index (χ1) is 12.3. The maximum Gasteiger partial charge on any atom is 0.315 e. The maximum atomic E-state index is 12.2. The fraction of sp³-hybridized carbons (Fsp3) is 0.211. The highest BCUT2D eigenvalue weighted by molar-refractivity contribution is 6.06. The monoisotopic (exact) mass is 357 g/mol. The molecule has 0 spiro atoms. The highest BCUT2D eigenvalue weighted by atomic mass is 16.6. The number of nitro groups is 1. The van der Waals surface area contributed by atoms with Gasteiger partial charge in [-0.05, 0) is 55.8 Å². The van der Waals surface area contributed by atoms with Crippen molar-refractivity contribution in [2.24, 2.45) is 0 Å². The smallest absolute Gasteiger partial charge is 0.315 e. The molecule has 26 heavy (non-hydrogen) atoms. The minimum absolute atomic E-state index is 0.0386. The predicted molar refractivity (Wildman–Crippen MR) is 96.9 cm³/mol. The van der Waals surface area contributed by atoms with E-state index in [1.54, 1.807) is 24.3 Å². The second-order valence-corrected chi connectivity index (χ2v) is 5.74. The molecule has 0 bridgehead atoms. The molecule has 0 unspecified atom stereocenters. The molecule has 0 aromatic heterocycles. The van der Waals surface area contributed by atoms with Crippen molar-refractivity contribution in [3.05, 3.63) is 63.7 Å². The van der Waals surface area contributed by atoms with Gasteiger partial charge in [0.15, 0.2) is 11.5 Å². The van der Waals surface area contributed by atoms with Crippen molar-refractivity contribution in [1.82, 2.24) is 0 Å². The Labute approximate surface area is 150 Å². The number of rotatable bonds is 7. The Kier molecular flexibility index (Phi) is 5.95. The van der Waals surface area contributed by atoms with Crippen LogP contribution in [0.4, 0.5) is 5.69 Å². The summed E-state index contributed by atoms with van der Waals surface area (Å²) in [5.74, 6) is -0.196. The second kappa shape index (κ2) is 8.15. The number of hydrogen-bond acceptors (Lipinski definition) is 6. The van der Waals surface area contributed by atoms with Crippen LogP contribution in [0.5, 0.6) is 17.2 Å². The van der Waals surface area contributed by atoms with Gasteiger partial charge in [-0.25, -0.2) is 0 Å². The number of ether oxygens (including phenoxy) is 2. The van der Waals surface area contributed by atoms with Gasteiger partial charge in [-0.15, -0.1) is 0 Å². The van der Waals surface area contributed by atoms with E-state index < -0.39 is 16.4 Å². The molecular formula is C19H19NO6. The van der Waals surface area contributed by atoms with Gasteiger partial charge in [0, 0.05) is 11.6 Å². The van der Waals surface area contributed by atoms with Gasteiger partial charge in [0.2, 0.25) is 5.75 Å². The van der Waals surface area contributed by atoms with E-state index in [2.05, 4.69) is 0 Å². The number of methoxy groups -OCH3 is 1. The normalized spacial score (nSPS) is 10.9. The summed E-state index contributed by atoms with van der Waals surface area (Å²) in [6.45, 7) is 3.82. The molecule has 0 aliphatic rings. The molecule has 0 aliphatic carbocycles. The summed E-state index contributed by atoms with van der Waals surface area (Å²) in [7, 11) is 1.29. The van der Waals surface area contributed by atoms with Crippen LogP contribution in [-0.4, -0.2) is 29.0 Å². The standard InChI is InChI=1S/C19H19NO6/c1-12(2)26-15-7-5-14(6-8-15)17(21)9-4-13-10-16(20(23)24)19(22)18(11-13)25-3/h4-12,22H,1-3H3/b9-4+. The van der Waals surface area contributed by atoms with Crippen molar-refractivity contribution in [3.63, 3.8) is 0 Å². The summed E-state index contributed by atoms with van der Waals surface area (Å²) < 4.78 is 10.4. The van der Waals surface area contributed by atoms with Crippen molar-refractivity contribution < 1.29 is 24.3 Å². The Morgan fingerprint density at radius 3 is 2.42 bits per heavy atom. The zero-order chi connectivity index (χ0) is 19.3. The Bertz CT molecular complexity index is 840. The van der Waals surface area contributed by atoms with Gasteiger partial charge in [0.25, 0.3) is 0 Å². The largest absolute Gasteiger partial charge is 0.500 e. The number of ketones is 1. The number of carbonyl (C=O) groups is 1. The summed E-state index contributed by atoms with van der Waals surface area (Å²) in [5.41, 5.74) is 0.323. The highest BCUT2D eigenvalue weighted by Crippen LogP contribution is 2.37. The zero-order valence-electron chi connectivity index (χ0n) is 14.6. The van der Waals surface area contributed by atoms with Crippen LogP contribution in [0, 0.1) is 10.1 Å². The van der Waals surface area contributed by atoms with Crippen molar-refractivity contribution in [3.8, 4) is 17.2 Å². The number of phenols is 1. The minimum Gasteiger partial charge on any atom is -0.500 e. The van der Waals surface area contributed by atoms with E-state index in [4.69, 9.17) is 9.47 Å². The van der Waals surface area contributed by atoms with Gasteiger partial charge in [-0.1, -0.05) is 6.08 Å². The minimum atomic E-state index is -0.718. The molecule has 0 fully saturated rings. The number of nitrogens with zero attached hydrogens (tertiary/aromatic N) is 1. The first-order valence-electron chi connectivity index (χ1n) is 7.86. The van der Waals surface area contributed by atoms with Crippen LogP contribution in [0.2, 0.25) is 0 Å². The van der Waals surface area contributed by atoms with Crippen molar-refractivity contribution in [1.29, 1.82) is 0 Å². The number of phenolic OH excluding ortho intramolecular Hbond substituents is 1. The quantitative estimate of drug-likeness (QED) is 0.348. The summed E-state index contributed by atoms with van der Waals surface area (Å²) in [5, 5.41) is 20.8. The van der Waals surface area contributed by atoms with E-state index in [0.717, 1.165) is 0 Å². The zero-order valence-corrected chi connectivity index (χ0v) is 14.6. The van der Waals surface area contributed by atoms with E-state index >= 15 is 0 Å². The molecule has 0 amide bonds. The molecule has 136 valence electrons. The topological polar surface area (TPSA) is 98.9 Å². The van der Waals surface area contributed by atoms with E-state index in [1.807, 2.05) is 13.8 Å². The SMILES string of the molecule is COc1cc(/C=C/C(=O)c2ccc(OC(C)C)cc2)cc([N+](=O)[O-])c1O. The van der Waals surface area contributed by atoms with Gasteiger partial charge in [-0.2, -0.15) is 0 Å². The van der Waals surface area contributed by atoms with Crippen LogP contribution < -0.4 is 9.47 Å². The number of nitro benzene ring substituents is 1. The summed E-state index contributed by atoms with van der Waals surface area (Å²) in [6, 6.07) is 9.27. The van der Waals surface area contributed by atoms with Crippen LogP contribution in [0.3, 0.4) is 0 Å². The lowest BCUT2D eigenvalue weighted by atomic mass is 10.1.